The van der Waals surface area contributed by atoms with E-state index in [1.165, 1.54) is 0 Å². The van der Waals surface area contributed by atoms with Crippen molar-refractivity contribution in [1.82, 2.24) is 4.98 Å². The van der Waals surface area contributed by atoms with Crippen molar-refractivity contribution >= 4 is 22.5 Å². The molecule has 0 fully saturated rings. The van der Waals surface area contributed by atoms with Gasteiger partial charge in [-0.15, -0.1) is 0 Å². The van der Waals surface area contributed by atoms with E-state index in [0.29, 0.717) is 16.3 Å². The summed E-state index contributed by atoms with van der Waals surface area (Å²) in [6.45, 7) is 0. The summed E-state index contributed by atoms with van der Waals surface area (Å²) in [7, 11) is 0. The molecule has 0 amide bonds. The van der Waals surface area contributed by atoms with E-state index in [-0.39, 0.29) is 5.56 Å². The standard InChI is InChI=1S/C21H14ClNO2/c22-16-10-9-15-12-19(21(24)23-20(15)13-16)14-5-4-8-18(11-14)25-17-6-2-1-3-7-17/h1-13H,(H,23,24). The number of aromatic amines is 1. The summed E-state index contributed by atoms with van der Waals surface area (Å²) in [6, 6.07) is 24.3. The predicted octanol–water partition coefficient (Wildman–Crippen LogP) is 5.64. The third kappa shape index (κ3) is 3.28. The Morgan fingerprint density at radius 1 is 0.800 bits per heavy atom. The second kappa shape index (κ2) is 6.46. The average molecular weight is 348 g/mol. The Balaban J connectivity index is 1.76. The number of H-pyrrole nitrogens is 1. The van der Waals surface area contributed by atoms with Gasteiger partial charge in [-0.25, -0.2) is 0 Å². The molecule has 0 atom stereocenters. The molecule has 0 saturated carbocycles. The minimum absolute atomic E-state index is 0.161. The predicted molar refractivity (Wildman–Crippen MR) is 102 cm³/mol. The fourth-order valence-corrected chi connectivity index (χ4v) is 2.91. The highest BCUT2D eigenvalue weighted by Crippen LogP contribution is 2.27. The number of para-hydroxylation sites is 1. The van der Waals surface area contributed by atoms with Crippen LogP contribution in [-0.2, 0) is 0 Å². The Kier molecular flexibility index (Phi) is 4.00. The van der Waals surface area contributed by atoms with Gasteiger partial charge in [-0.1, -0.05) is 48.0 Å². The first kappa shape index (κ1) is 15.5. The third-order valence-corrected chi connectivity index (χ3v) is 4.17. The first-order chi connectivity index (χ1) is 12.2. The van der Waals surface area contributed by atoms with Crippen LogP contribution in [0, 0.1) is 0 Å². The maximum Gasteiger partial charge on any atom is 0.256 e. The number of rotatable bonds is 3. The molecular weight excluding hydrogens is 334 g/mol. The van der Waals surface area contributed by atoms with Gasteiger partial charge in [-0.2, -0.15) is 0 Å². The van der Waals surface area contributed by atoms with Crippen molar-refractivity contribution in [1.29, 1.82) is 0 Å². The van der Waals surface area contributed by atoms with Crippen molar-refractivity contribution in [3.8, 4) is 22.6 Å². The van der Waals surface area contributed by atoms with E-state index in [1.54, 1.807) is 12.1 Å². The van der Waals surface area contributed by atoms with E-state index < -0.39 is 0 Å². The van der Waals surface area contributed by atoms with Crippen molar-refractivity contribution in [2.24, 2.45) is 0 Å². The van der Waals surface area contributed by atoms with Crippen LogP contribution in [0.25, 0.3) is 22.0 Å². The lowest BCUT2D eigenvalue weighted by molar-refractivity contribution is 0.483. The van der Waals surface area contributed by atoms with E-state index in [0.717, 1.165) is 22.2 Å². The molecule has 0 unspecified atom stereocenters. The molecule has 3 nitrogen and oxygen atoms in total. The van der Waals surface area contributed by atoms with Gasteiger partial charge in [0.05, 0.1) is 0 Å². The monoisotopic (exact) mass is 347 g/mol. The SMILES string of the molecule is O=c1[nH]c2cc(Cl)ccc2cc1-c1cccc(Oc2ccccc2)c1. The summed E-state index contributed by atoms with van der Waals surface area (Å²) < 4.78 is 5.85. The number of nitrogens with one attached hydrogen (secondary N) is 1. The maximum absolute atomic E-state index is 12.5. The Bertz CT molecular complexity index is 1100. The molecule has 4 aromatic rings. The van der Waals surface area contributed by atoms with Gasteiger partial charge < -0.3 is 9.72 Å². The highest BCUT2D eigenvalue weighted by Gasteiger charge is 2.08. The molecule has 4 heteroatoms. The average Bonchev–Trinajstić information content (AvgIpc) is 2.62. The molecule has 0 spiro atoms. The molecule has 1 heterocycles. The van der Waals surface area contributed by atoms with Crippen molar-refractivity contribution in [3.05, 3.63) is 94.2 Å². The lowest BCUT2D eigenvalue weighted by Gasteiger charge is -2.08. The van der Waals surface area contributed by atoms with Crippen LogP contribution < -0.4 is 10.3 Å². The minimum atomic E-state index is -0.161. The largest absolute Gasteiger partial charge is 0.457 e. The van der Waals surface area contributed by atoms with E-state index >= 15 is 0 Å². The molecule has 122 valence electrons. The summed E-state index contributed by atoms with van der Waals surface area (Å²) in [5.74, 6) is 1.43. The zero-order valence-electron chi connectivity index (χ0n) is 13.2. The van der Waals surface area contributed by atoms with Crippen LogP contribution in [0.5, 0.6) is 11.5 Å². The van der Waals surface area contributed by atoms with Crippen molar-refractivity contribution in [2.75, 3.05) is 0 Å². The van der Waals surface area contributed by atoms with Gasteiger partial charge in [0, 0.05) is 16.1 Å². The van der Waals surface area contributed by atoms with Crippen LogP contribution in [0.2, 0.25) is 5.02 Å². The van der Waals surface area contributed by atoms with E-state index in [4.69, 9.17) is 16.3 Å². The number of pyridine rings is 1. The molecule has 0 saturated heterocycles. The number of ether oxygens (including phenoxy) is 1. The first-order valence-corrected chi connectivity index (χ1v) is 8.23. The number of aromatic nitrogens is 1. The van der Waals surface area contributed by atoms with Crippen molar-refractivity contribution < 1.29 is 4.74 Å². The lowest BCUT2D eigenvalue weighted by Crippen LogP contribution is -2.08. The molecule has 0 aliphatic rings. The van der Waals surface area contributed by atoms with E-state index in [2.05, 4.69) is 4.98 Å². The van der Waals surface area contributed by atoms with E-state index in [1.807, 2.05) is 66.7 Å². The molecule has 1 aromatic heterocycles. The second-order valence-corrected chi connectivity index (χ2v) is 6.12. The molecule has 3 aromatic carbocycles. The van der Waals surface area contributed by atoms with Gasteiger partial charge in [0.25, 0.3) is 5.56 Å². The number of halogens is 1. The van der Waals surface area contributed by atoms with Crippen LogP contribution >= 0.6 is 11.6 Å². The number of benzene rings is 3. The van der Waals surface area contributed by atoms with Gasteiger partial charge >= 0.3 is 0 Å². The highest BCUT2D eigenvalue weighted by molar-refractivity contribution is 6.31. The number of hydrogen-bond donors (Lipinski definition) is 1. The second-order valence-electron chi connectivity index (χ2n) is 5.69. The van der Waals surface area contributed by atoms with Gasteiger partial charge in [-0.3, -0.25) is 4.79 Å². The maximum atomic E-state index is 12.5. The minimum Gasteiger partial charge on any atom is -0.457 e. The molecule has 0 radical (unpaired) electrons. The van der Waals surface area contributed by atoms with Crippen LogP contribution in [-0.4, -0.2) is 4.98 Å². The molecule has 4 rings (SSSR count). The molecule has 0 aliphatic heterocycles. The van der Waals surface area contributed by atoms with Crippen molar-refractivity contribution in [3.63, 3.8) is 0 Å². The first-order valence-electron chi connectivity index (χ1n) is 7.85. The lowest BCUT2D eigenvalue weighted by atomic mass is 10.0. The Morgan fingerprint density at radius 2 is 1.60 bits per heavy atom. The summed E-state index contributed by atoms with van der Waals surface area (Å²) >= 11 is 5.99. The Labute approximate surface area is 149 Å². The van der Waals surface area contributed by atoms with Gasteiger partial charge in [0.15, 0.2) is 0 Å². The fraction of sp³-hybridized carbons (Fsp3) is 0. The molecular formula is C21H14ClNO2. The highest BCUT2D eigenvalue weighted by atomic mass is 35.5. The van der Waals surface area contributed by atoms with Gasteiger partial charge in [0.1, 0.15) is 11.5 Å². The van der Waals surface area contributed by atoms with Gasteiger partial charge in [0.2, 0.25) is 0 Å². The number of hydrogen-bond acceptors (Lipinski definition) is 2. The quantitative estimate of drug-likeness (QED) is 0.521. The molecule has 0 bridgehead atoms. The Morgan fingerprint density at radius 3 is 2.44 bits per heavy atom. The molecule has 0 aliphatic carbocycles. The fourth-order valence-electron chi connectivity index (χ4n) is 2.74. The van der Waals surface area contributed by atoms with Crippen LogP contribution in [0.3, 0.4) is 0 Å². The molecule has 25 heavy (non-hydrogen) atoms. The van der Waals surface area contributed by atoms with Crippen LogP contribution in [0.15, 0.2) is 83.7 Å². The van der Waals surface area contributed by atoms with Crippen LogP contribution in [0.1, 0.15) is 0 Å². The summed E-state index contributed by atoms with van der Waals surface area (Å²) in [6.07, 6.45) is 0. The molecule has 1 N–H and O–H groups in total. The smallest absolute Gasteiger partial charge is 0.256 e. The zero-order chi connectivity index (χ0) is 17.2. The Hall–Kier alpha value is -3.04. The van der Waals surface area contributed by atoms with Crippen LogP contribution in [0.4, 0.5) is 0 Å². The summed E-state index contributed by atoms with van der Waals surface area (Å²) in [5.41, 5.74) is 1.95. The summed E-state index contributed by atoms with van der Waals surface area (Å²) in [4.78, 5) is 15.4. The summed E-state index contributed by atoms with van der Waals surface area (Å²) in [5, 5.41) is 1.52. The van der Waals surface area contributed by atoms with Crippen molar-refractivity contribution in [2.45, 2.75) is 0 Å². The normalized spacial score (nSPS) is 10.8. The third-order valence-electron chi connectivity index (χ3n) is 3.93. The number of fused-ring (bicyclic) bond motifs is 1. The zero-order valence-corrected chi connectivity index (χ0v) is 14.0. The van der Waals surface area contributed by atoms with E-state index in [9.17, 15) is 4.79 Å². The van der Waals surface area contributed by atoms with Gasteiger partial charge in [-0.05, 0) is 53.4 Å². The topological polar surface area (TPSA) is 42.1 Å².